The zero-order chi connectivity index (χ0) is 20.0. The molecule has 0 aliphatic carbocycles. The molecule has 5 heterocycles. The fourth-order valence-corrected chi connectivity index (χ4v) is 4.00. The Balaban J connectivity index is 1.75. The SMILES string of the molecule is COc1ncc(-c2ccc3ncc4c(c3n2)n(C2CCNCC2)c(=O)n4C)cn1. The van der Waals surface area contributed by atoms with E-state index in [-0.39, 0.29) is 11.7 Å². The van der Waals surface area contributed by atoms with Crippen LogP contribution < -0.4 is 15.7 Å². The molecule has 0 atom stereocenters. The number of fused-ring (bicyclic) bond motifs is 3. The third-order valence-electron chi connectivity index (χ3n) is 5.54. The third kappa shape index (κ3) is 2.85. The molecule has 0 aromatic carbocycles. The topological polar surface area (TPSA) is 99.8 Å². The number of rotatable bonds is 3. The maximum Gasteiger partial charge on any atom is 0.329 e. The summed E-state index contributed by atoms with van der Waals surface area (Å²) in [6.45, 7) is 1.80. The van der Waals surface area contributed by atoms with Crippen molar-refractivity contribution >= 4 is 22.1 Å². The Morgan fingerprint density at radius 1 is 1.10 bits per heavy atom. The Kier molecular flexibility index (Phi) is 4.24. The van der Waals surface area contributed by atoms with Gasteiger partial charge in [0.25, 0.3) is 0 Å². The van der Waals surface area contributed by atoms with Crippen LogP contribution in [-0.4, -0.2) is 49.3 Å². The molecule has 1 aliphatic rings. The first-order valence-electron chi connectivity index (χ1n) is 9.61. The highest BCUT2D eigenvalue weighted by atomic mass is 16.5. The van der Waals surface area contributed by atoms with Crippen molar-refractivity contribution in [2.24, 2.45) is 7.05 Å². The first kappa shape index (κ1) is 17.7. The summed E-state index contributed by atoms with van der Waals surface area (Å²) in [6.07, 6.45) is 6.94. The van der Waals surface area contributed by atoms with Crippen LogP contribution in [0.3, 0.4) is 0 Å². The van der Waals surface area contributed by atoms with Gasteiger partial charge in [0.05, 0.1) is 35.6 Å². The Labute approximate surface area is 166 Å². The summed E-state index contributed by atoms with van der Waals surface area (Å²) in [4.78, 5) is 30.8. The van der Waals surface area contributed by atoms with E-state index < -0.39 is 0 Å². The smallest absolute Gasteiger partial charge is 0.329 e. The third-order valence-corrected chi connectivity index (χ3v) is 5.54. The van der Waals surface area contributed by atoms with Crippen LogP contribution >= 0.6 is 0 Å². The summed E-state index contributed by atoms with van der Waals surface area (Å²) in [7, 11) is 3.32. The van der Waals surface area contributed by atoms with Gasteiger partial charge in [0, 0.05) is 31.0 Å². The first-order valence-corrected chi connectivity index (χ1v) is 9.61. The predicted molar refractivity (Wildman–Crippen MR) is 109 cm³/mol. The normalized spacial score (nSPS) is 15.2. The Hall–Kier alpha value is -3.33. The highest BCUT2D eigenvalue weighted by molar-refractivity contribution is 6.00. The molecule has 5 rings (SSSR count). The molecular weight excluding hydrogens is 370 g/mol. The molecule has 1 saturated heterocycles. The van der Waals surface area contributed by atoms with Crippen molar-refractivity contribution < 1.29 is 4.74 Å². The van der Waals surface area contributed by atoms with Gasteiger partial charge in [-0.3, -0.25) is 14.1 Å². The zero-order valence-corrected chi connectivity index (χ0v) is 16.3. The summed E-state index contributed by atoms with van der Waals surface area (Å²) in [5.41, 5.74) is 4.57. The van der Waals surface area contributed by atoms with Crippen molar-refractivity contribution in [3.63, 3.8) is 0 Å². The minimum absolute atomic E-state index is 0.0267. The Morgan fingerprint density at radius 2 is 1.86 bits per heavy atom. The molecular formula is C20H21N7O2. The van der Waals surface area contributed by atoms with E-state index in [4.69, 9.17) is 9.72 Å². The molecule has 0 radical (unpaired) electrons. The summed E-state index contributed by atoms with van der Waals surface area (Å²) >= 11 is 0. The van der Waals surface area contributed by atoms with Gasteiger partial charge in [-0.15, -0.1) is 0 Å². The fraction of sp³-hybridized carbons (Fsp3) is 0.350. The van der Waals surface area contributed by atoms with Gasteiger partial charge in [0.15, 0.2) is 0 Å². The number of hydrogen-bond acceptors (Lipinski definition) is 7. The predicted octanol–water partition coefficient (Wildman–Crippen LogP) is 1.67. The second kappa shape index (κ2) is 6.93. The maximum absolute atomic E-state index is 13.1. The van der Waals surface area contributed by atoms with Crippen LogP contribution in [0.1, 0.15) is 18.9 Å². The number of aryl methyl sites for hydroxylation is 1. The number of nitrogens with one attached hydrogen (secondary N) is 1. The van der Waals surface area contributed by atoms with Crippen LogP contribution in [0.2, 0.25) is 0 Å². The number of piperidine rings is 1. The molecule has 0 saturated carbocycles. The van der Waals surface area contributed by atoms with Gasteiger partial charge in [-0.05, 0) is 38.1 Å². The van der Waals surface area contributed by atoms with Crippen molar-refractivity contribution in [3.8, 4) is 17.3 Å². The van der Waals surface area contributed by atoms with Crippen molar-refractivity contribution in [1.29, 1.82) is 0 Å². The molecule has 148 valence electrons. The van der Waals surface area contributed by atoms with Crippen molar-refractivity contribution in [2.45, 2.75) is 18.9 Å². The molecule has 0 spiro atoms. The summed E-state index contributed by atoms with van der Waals surface area (Å²) in [5.74, 6) is 0. The number of aromatic nitrogens is 6. The lowest BCUT2D eigenvalue weighted by Crippen LogP contribution is -2.34. The lowest BCUT2D eigenvalue weighted by atomic mass is 10.1. The van der Waals surface area contributed by atoms with Gasteiger partial charge in [-0.2, -0.15) is 0 Å². The average molecular weight is 391 g/mol. The number of ether oxygens (including phenoxy) is 1. The molecule has 4 aromatic rings. The molecule has 1 N–H and O–H groups in total. The van der Waals surface area contributed by atoms with E-state index in [9.17, 15) is 4.79 Å². The molecule has 9 heteroatoms. The van der Waals surface area contributed by atoms with Gasteiger partial charge in [-0.25, -0.2) is 19.7 Å². The number of pyridine rings is 2. The average Bonchev–Trinajstić information content (AvgIpc) is 3.04. The van der Waals surface area contributed by atoms with E-state index in [0.717, 1.165) is 53.7 Å². The van der Waals surface area contributed by atoms with Crippen LogP contribution in [0.4, 0.5) is 0 Å². The molecule has 9 nitrogen and oxygen atoms in total. The van der Waals surface area contributed by atoms with E-state index >= 15 is 0 Å². The summed E-state index contributed by atoms with van der Waals surface area (Å²) in [6, 6.07) is 4.27. The van der Waals surface area contributed by atoms with Crippen LogP contribution in [0.25, 0.3) is 33.3 Å². The number of imidazole rings is 1. The van der Waals surface area contributed by atoms with Crippen LogP contribution in [0, 0.1) is 0 Å². The largest absolute Gasteiger partial charge is 0.467 e. The molecule has 1 fully saturated rings. The second-order valence-corrected chi connectivity index (χ2v) is 7.21. The minimum atomic E-state index is -0.0267. The molecule has 0 unspecified atom stereocenters. The van der Waals surface area contributed by atoms with Gasteiger partial charge in [-0.1, -0.05) is 0 Å². The van der Waals surface area contributed by atoms with Gasteiger partial charge in [0.1, 0.15) is 5.52 Å². The molecule has 0 bridgehead atoms. The van der Waals surface area contributed by atoms with Crippen LogP contribution in [-0.2, 0) is 7.05 Å². The lowest BCUT2D eigenvalue weighted by Gasteiger charge is -2.24. The first-order chi connectivity index (χ1) is 14.2. The molecule has 1 aliphatic heterocycles. The van der Waals surface area contributed by atoms with Crippen molar-refractivity contribution in [3.05, 3.63) is 41.2 Å². The van der Waals surface area contributed by atoms with Gasteiger partial charge < -0.3 is 10.1 Å². The minimum Gasteiger partial charge on any atom is -0.467 e. The van der Waals surface area contributed by atoms with E-state index in [1.807, 2.05) is 16.7 Å². The second-order valence-electron chi connectivity index (χ2n) is 7.21. The highest BCUT2D eigenvalue weighted by Gasteiger charge is 2.23. The summed E-state index contributed by atoms with van der Waals surface area (Å²) in [5, 5.41) is 3.36. The monoisotopic (exact) mass is 391 g/mol. The van der Waals surface area contributed by atoms with E-state index in [1.165, 1.54) is 7.11 Å². The number of nitrogens with zero attached hydrogens (tertiary/aromatic N) is 6. The van der Waals surface area contributed by atoms with Gasteiger partial charge >= 0.3 is 11.7 Å². The number of hydrogen-bond donors (Lipinski definition) is 1. The zero-order valence-electron chi connectivity index (χ0n) is 16.3. The van der Waals surface area contributed by atoms with Crippen molar-refractivity contribution in [1.82, 2.24) is 34.4 Å². The molecule has 4 aromatic heterocycles. The Morgan fingerprint density at radius 3 is 2.59 bits per heavy atom. The van der Waals surface area contributed by atoms with Crippen LogP contribution in [0.5, 0.6) is 6.01 Å². The van der Waals surface area contributed by atoms with Crippen LogP contribution in [0.15, 0.2) is 35.5 Å². The summed E-state index contributed by atoms with van der Waals surface area (Å²) < 4.78 is 8.60. The van der Waals surface area contributed by atoms with Crippen molar-refractivity contribution in [2.75, 3.05) is 20.2 Å². The van der Waals surface area contributed by atoms with E-state index in [2.05, 4.69) is 20.3 Å². The van der Waals surface area contributed by atoms with E-state index in [1.54, 1.807) is 30.2 Å². The standard InChI is InChI=1S/C20H21N7O2/c1-26-16-11-22-15-4-3-14(12-9-23-19(29-2)24-10-12)25-17(15)18(16)27(20(26)28)13-5-7-21-8-6-13/h3-4,9-11,13,21H,5-8H2,1-2H3. The van der Waals surface area contributed by atoms with E-state index in [0.29, 0.717) is 11.5 Å². The highest BCUT2D eigenvalue weighted by Crippen LogP contribution is 2.29. The maximum atomic E-state index is 13.1. The number of methoxy groups -OCH3 is 1. The fourth-order valence-electron chi connectivity index (χ4n) is 4.00. The lowest BCUT2D eigenvalue weighted by molar-refractivity contribution is 0.366. The Bertz CT molecular complexity index is 1250. The molecule has 0 amide bonds. The van der Waals surface area contributed by atoms with Gasteiger partial charge in [0.2, 0.25) is 0 Å². The quantitative estimate of drug-likeness (QED) is 0.567. The molecule has 29 heavy (non-hydrogen) atoms.